The Bertz CT molecular complexity index is 397. The Morgan fingerprint density at radius 1 is 1.06 bits per heavy atom. The van der Waals surface area contributed by atoms with Crippen molar-refractivity contribution in [2.75, 3.05) is 0 Å². The predicted molar refractivity (Wildman–Crippen MR) is 71.2 cm³/mol. The minimum Gasteiger partial charge on any atom is -0.0795 e. The van der Waals surface area contributed by atoms with E-state index in [0.717, 1.165) is 12.8 Å². The summed E-state index contributed by atoms with van der Waals surface area (Å²) in [6, 6.07) is 10.3. The molecule has 0 aliphatic rings. The molecular weight excluding hydrogens is 192 g/mol. The lowest BCUT2D eigenvalue weighted by atomic mass is 10.2. The molecule has 1 aromatic carbocycles. The number of unbranched alkanes of at least 4 members (excludes halogenated alkanes) is 1. The SMILES string of the molecule is CCCC=C=C=CCC=Cc1ccccc1. The van der Waals surface area contributed by atoms with Gasteiger partial charge in [0.05, 0.1) is 0 Å². The average molecular weight is 210 g/mol. The van der Waals surface area contributed by atoms with Crippen LogP contribution in [0.25, 0.3) is 6.08 Å². The van der Waals surface area contributed by atoms with Crippen LogP contribution in [0.5, 0.6) is 0 Å². The van der Waals surface area contributed by atoms with Crippen molar-refractivity contribution in [2.24, 2.45) is 0 Å². The Labute approximate surface area is 98.3 Å². The molecule has 0 amide bonds. The highest BCUT2D eigenvalue weighted by atomic mass is 13.9. The second kappa shape index (κ2) is 8.56. The molecule has 0 radical (unpaired) electrons. The second-order valence-corrected chi connectivity index (χ2v) is 3.53. The van der Waals surface area contributed by atoms with Crippen molar-refractivity contribution in [2.45, 2.75) is 26.2 Å². The van der Waals surface area contributed by atoms with Crippen LogP contribution < -0.4 is 0 Å². The lowest BCUT2D eigenvalue weighted by molar-refractivity contribution is 0.960. The van der Waals surface area contributed by atoms with E-state index in [-0.39, 0.29) is 0 Å². The van der Waals surface area contributed by atoms with Gasteiger partial charge < -0.3 is 0 Å². The fourth-order valence-electron chi connectivity index (χ4n) is 1.23. The number of hydrogen-bond donors (Lipinski definition) is 0. The van der Waals surface area contributed by atoms with Gasteiger partial charge in [-0.1, -0.05) is 67.3 Å². The van der Waals surface area contributed by atoms with Crippen LogP contribution in [0.3, 0.4) is 0 Å². The molecule has 0 nitrogen and oxygen atoms in total. The summed E-state index contributed by atoms with van der Waals surface area (Å²) in [6.07, 6.45) is 11.4. The molecule has 0 saturated carbocycles. The summed E-state index contributed by atoms with van der Waals surface area (Å²) in [5.41, 5.74) is 7.28. The van der Waals surface area contributed by atoms with Crippen molar-refractivity contribution in [1.82, 2.24) is 0 Å². The van der Waals surface area contributed by atoms with E-state index in [4.69, 9.17) is 0 Å². The molecule has 0 spiro atoms. The van der Waals surface area contributed by atoms with Gasteiger partial charge in [0.25, 0.3) is 0 Å². The maximum atomic E-state index is 3.02. The van der Waals surface area contributed by atoms with Crippen LogP contribution >= 0.6 is 0 Å². The Kier molecular flexibility index (Phi) is 6.60. The van der Waals surface area contributed by atoms with Crippen molar-refractivity contribution in [3.05, 3.63) is 65.6 Å². The van der Waals surface area contributed by atoms with Crippen molar-refractivity contribution < 1.29 is 0 Å². The Morgan fingerprint density at radius 3 is 2.56 bits per heavy atom. The van der Waals surface area contributed by atoms with Gasteiger partial charge in [-0.25, -0.2) is 0 Å². The second-order valence-electron chi connectivity index (χ2n) is 3.53. The monoisotopic (exact) mass is 210 g/mol. The van der Waals surface area contributed by atoms with Gasteiger partial charge in [-0.05, 0) is 30.6 Å². The summed E-state index contributed by atoms with van der Waals surface area (Å²) < 4.78 is 0. The molecule has 1 rings (SSSR count). The van der Waals surface area contributed by atoms with E-state index in [0.29, 0.717) is 0 Å². The smallest absolute Gasteiger partial charge is 0.00832 e. The van der Waals surface area contributed by atoms with Crippen LogP contribution in [0.2, 0.25) is 0 Å². The number of allylic oxidation sites excluding steroid dienone is 3. The summed E-state index contributed by atoms with van der Waals surface area (Å²) in [5, 5.41) is 0. The molecule has 82 valence electrons. The Morgan fingerprint density at radius 2 is 1.81 bits per heavy atom. The summed E-state index contributed by atoms with van der Waals surface area (Å²) in [5.74, 6) is 0. The van der Waals surface area contributed by atoms with E-state index in [1.54, 1.807) is 0 Å². The molecule has 0 N–H and O–H groups in total. The largest absolute Gasteiger partial charge is 0.0795 e. The van der Waals surface area contributed by atoms with Gasteiger partial charge in [-0.2, -0.15) is 0 Å². The Balaban J connectivity index is 2.36. The number of hydrogen-bond acceptors (Lipinski definition) is 0. The molecule has 16 heavy (non-hydrogen) atoms. The zero-order valence-corrected chi connectivity index (χ0v) is 9.82. The Hall–Kier alpha value is -1.74. The summed E-state index contributed by atoms with van der Waals surface area (Å²) in [6.45, 7) is 2.16. The van der Waals surface area contributed by atoms with Gasteiger partial charge in [0, 0.05) is 0 Å². The number of rotatable bonds is 5. The van der Waals surface area contributed by atoms with Gasteiger partial charge >= 0.3 is 0 Å². The normalized spacial score (nSPS) is 9.56. The van der Waals surface area contributed by atoms with Crippen molar-refractivity contribution >= 4 is 6.08 Å². The summed E-state index contributed by atoms with van der Waals surface area (Å²) in [7, 11) is 0. The zero-order chi connectivity index (χ0) is 11.5. The summed E-state index contributed by atoms with van der Waals surface area (Å²) >= 11 is 0. The molecule has 0 fully saturated rings. The fraction of sp³-hybridized carbons (Fsp3) is 0.250. The summed E-state index contributed by atoms with van der Waals surface area (Å²) in [4.78, 5) is 0. The molecule has 0 aliphatic carbocycles. The van der Waals surface area contributed by atoms with E-state index < -0.39 is 0 Å². The van der Waals surface area contributed by atoms with Crippen LogP contribution in [-0.4, -0.2) is 0 Å². The van der Waals surface area contributed by atoms with E-state index in [1.807, 2.05) is 30.4 Å². The standard InChI is InChI=1S/C16H18/c1-2-3-4-5-6-7-8-10-13-16-14-11-9-12-15-16/h4,7,9-15H,2-3,8H2,1H3. The molecule has 0 aliphatic heterocycles. The highest BCUT2D eigenvalue weighted by Gasteiger charge is 1.80. The zero-order valence-electron chi connectivity index (χ0n) is 9.82. The van der Waals surface area contributed by atoms with Crippen LogP contribution in [0, 0.1) is 0 Å². The van der Waals surface area contributed by atoms with Gasteiger partial charge in [-0.15, -0.1) is 0 Å². The van der Waals surface area contributed by atoms with Gasteiger partial charge in [0.15, 0.2) is 0 Å². The minimum atomic E-state index is 0.905. The van der Waals surface area contributed by atoms with Gasteiger partial charge in [0.1, 0.15) is 0 Å². The van der Waals surface area contributed by atoms with Crippen LogP contribution in [0.15, 0.2) is 60.0 Å². The third-order valence-electron chi connectivity index (χ3n) is 2.08. The maximum absolute atomic E-state index is 3.02. The molecule has 1 aromatic rings. The minimum absolute atomic E-state index is 0.905. The average Bonchev–Trinajstić information content (AvgIpc) is 2.34. The molecule has 0 saturated heterocycles. The molecule has 0 bridgehead atoms. The van der Waals surface area contributed by atoms with Crippen molar-refractivity contribution in [3.63, 3.8) is 0 Å². The van der Waals surface area contributed by atoms with E-state index in [1.165, 1.54) is 12.0 Å². The van der Waals surface area contributed by atoms with E-state index >= 15 is 0 Å². The van der Waals surface area contributed by atoms with Crippen molar-refractivity contribution in [1.29, 1.82) is 0 Å². The van der Waals surface area contributed by atoms with E-state index in [9.17, 15) is 0 Å². The number of benzene rings is 1. The van der Waals surface area contributed by atoms with E-state index in [2.05, 4.69) is 42.7 Å². The lowest BCUT2D eigenvalue weighted by Crippen LogP contribution is -1.67. The van der Waals surface area contributed by atoms with Gasteiger partial charge in [0.2, 0.25) is 0 Å². The molecule has 0 heterocycles. The van der Waals surface area contributed by atoms with Crippen LogP contribution in [0.1, 0.15) is 31.7 Å². The van der Waals surface area contributed by atoms with Crippen LogP contribution in [-0.2, 0) is 0 Å². The third-order valence-corrected chi connectivity index (χ3v) is 2.08. The first kappa shape index (κ1) is 12.3. The molecule has 0 heteroatoms. The lowest BCUT2D eigenvalue weighted by Gasteiger charge is -1.88. The third kappa shape index (κ3) is 5.88. The molecular formula is C16H18. The quantitative estimate of drug-likeness (QED) is 0.615. The fourth-order valence-corrected chi connectivity index (χ4v) is 1.23. The molecule has 0 aromatic heterocycles. The highest BCUT2D eigenvalue weighted by molar-refractivity contribution is 5.48. The van der Waals surface area contributed by atoms with Gasteiger partial charge in [-0.3, -0.25) is 0 Å². The predicted octanol–water partition coefficient (Wildman–Crippen LogP) is 4.76. The topological polar surface area (TPSA) is 0 Å². The first-order chi connectivity index (χ1) is 7.93. The van der Waals surface area contributed by atoms with Crippen LogP contribution in [0.4, 0.5) is 0 Å². The van der Waals surface area contributed by atoms with Crippen molar-refractivity contribution in [3.8, 4) is 0 Å². The highest BCUT2D eigenvalue weighted by Crippen LogP contribution is 2.01. The maximum Gasteiger partial charge on any atom is -0.00832 e. The molecule has 0 atom stereocenters. The first-order valence-electron chi connectivity index (χ1n) is 5.79. The molecule has 0 unspecified atom stereocenters. The first-order valence-corrected chi connectivity index (χ1v) is 5.79.